The van der Waals surface area contributed by atoms with Crippen molar-refractivity contribution in [3.63, 3.8) is 0 Å². The molecule has 5 nitrogen and oxygen atoms in total. The molecule has 1 heterocycles. The second kappa shape index (κ2) is 5.55. The number of methoxy groups -OCH3 is 2. The molecule has 0 amide bonds. The molecule has 0 atom stereocenters. The Labute approximate surface area is 105 Å². The molecule has 5 heteroatoms. The average Bonchev–Trinajstić information content (AvgIpc) is 2.87. The van der Waals surface area contributed by atoms with E-state index in [0.29, 0.717) is 23.6 Å². The third-order valence-corrected chi connectivity index (χ3v) is 2.60. The van der Waals surface area contributed by atoms with Crippen LogP contribution in [0.25, 0.3) is 11.3 Å². The van der Waals surface area contributed by atoms with E-state index in [4.69, 9.17) is 19.1 Å². The van der Waals surface area contributed by atoms with E-state index >= 15 is 0 Å². The largest absolute Gasteiger partial charge is 0.497 e. The Morgan fingerprint density at radius 3 is 2.72 bits per heavy atom. The zero-order chi connectivity index (χ0) is 13.0. The Hall–Kier alpha value is -2.01. The first-order valence-electron chi connectivity index (χ1n) is 5.57. The zero-order valence-electron chi connectivity index (χ0n) is 10.3. The second-order valence-electron chi connectivity index (χ2n) is 3.72. The molecule has 0 bridgehead atoms. The first-order chi connectivity index (χ1) is 8.78. The minimum atomic E-state index is 0.0361. The standard InChI is InChI=1S/C13H15NO4/c1-16-9-3-4-11(13(8-9)17-2)12-7-10(5-6-15)18-14-12/h3-4,7-8,15H,5-6H2,1-2H3. The number of ether oxygens (including phenoxy) is 2. The van der Waals surface area contributed by atoms with Crippen molar-refractivity contribution in [2.45, 2.75) is 6.42 Å². The van der Waals surface area contributed by atoms with Gasteiger partial charge < -0.3 is 19.1 Å². The van der Waals surface area contributed by atoms with Gasteiger partial charge in [0.1, 0.15) is 23.0 Å². The fourth-order valence-electron chi connectivity index (χ4n) is 1.68. The number of rotatable bonds is 5. The minimum absolute atomic E-state index is 0.0361. The molecular weight excluding hydrogens is 234 g/mol. The van der Waals surface area contributed by atoms with E-state index in [1.165, 1.54) is 0 Å². The fraction of sp³-hybridized carbons (Fsp3) is 0.308. The van der Waals surface area contributed by atoms with Gasteiger partial charge in [0.25, 0.3) is 0 Å². The highest BCUT2D eigenvalue weighted by Gasteiger charge is 2.12. The van der Waals surface area contributed by atoms with E-state index < -0.39 is 0 Å². The lowest BCUT2D eigenvalue weighted by Gasteiger charge is -2.07. The highest BCUT2D eigenvalue weighted by molar-refractivity contribution is 5.68. The maximum atomic E-state index is 8.84. The summed E-state index contributed by atoms with van der Waals surface area (Å²) >= 11 is 0. The molecule has 96 valence electrons. The minimum Gasteiger partial charge on any atom is -0.497 e. The van der Waals surface area contributed by atoms with Crippen molar-refractivity contribution in [3.8, 4) is 22.8 Å². The molecule has 1 N–H and O–H groups in total. The summed E-state index contributed by atoms with van der Waals surface area (Å²) in [6.45, 7) is 0.0361. The molecule has 0 radical (unpaired) electrons. The van der Waals surface area contributed by atoms with Crippen molar-refractivity contribution in [1.29, 1.82) is 0 Å². The maximum absolute atomic E-state index is 8.84. The van der Waals surface area contributed by atoms with Crippen molar-refractivity contribution in [2.24, 2.45) is 0 Å². The highest BCUT2D eigenvalue weighted by Crippen LogP contribution is 2.32. The van der Waals surface area contributed by atoms with Gasteiger partial charge in [0.05, 0.1) is 20.8 Å². The predicted molar refractivity (Wildman–Crippen MR) is 65.8 cm³/mol. The fourth-order valence-corrected chi connectivity index (χ4v) is 1.68. The van der Waals surface area contributed by atoms with Gasteiger partial charge in [0, 0.05) is 24.1 Å². The smallest absolute Gasteiger partial charge is 0.139 e. The van der Waals surface area contributed by atoms with Crippen molar-refractivity contribution < 1.29 is 19.1 Å². The summed E-state index contributed by atoms with van der Waals surface area (Å²) in [6.07, 6.45) is 0.450. The monoisotopic (exact) mass is 249 g/mol. The molecule has 2 aromatic rings. The summed E-state index contributed by atoms with van der Waals surface area (Å²) in [7, 11) is 3.19. The lowest BCUT2D eigenvalue weighted by molar-refractivity contribution is 0.277. The Morgan fingerprint density at radius 1 is 1.22 bits per heavy atom. The van der Waals surface area contributed by atoms with E-state index in [9.17, 15) is 0 Å². The number of nitrogens with zero attached hydrogens (tertiary/aromatic N) is 1. The predicted octanol–water partition coefficient (Wildman–Crippen LogP) is 1.89. The zero-order valence-corrected chi connectivity index (χ0v) is 10.3. The SMILES string of the molecule is COc1ccc(-c2cc(CCO)on2)c(OC)c1. The van der Waals surface area contributed by atoms with Gasteiger partial charge in [-0.05, 0) is 12.1 Å². The van der Waals surface area contributed by atoms with Crippen LogP contribution < -0.4 is 9.47 Å². The summed E-state index contributed by atoms with van der Waals surface area (Å²) in [5.74, 6) is 2.03. The summed E-state index contributed by atoms with van der Waals surface area (Å²) in [5.41, 5.74) is 1.50. The van der Waals surface area contributed by atoms with Gasteiger partial charge in [-0.1, -0.05) is 5.16 Å². The van der Waals surface area contributed by atoms with E-state index in [1.54, 1.807) is 26.4 Å². The summed E-state index contributed by atoms with van der Waals surface area (Å²) in [6, 6.07) is 7.27. The number of aromatic nitrogens is 1. The van der Waals surface area contributed by atoms with Gasteiger partial charge in [-0.3, -0.25) is 0 Å². The third kappa shape index (κ3) is 2.46. The van der Waals surface area contributed by atoms with Crippen LogP contribution in [0.3, 0.4) is 0 Å². The molecule has 0 fully saturated rings. The Kier molecular flexibility index (Phi) is 3.84. The molecular formula is C13H15NO4. The van der Waals surface area contributed by atoms with Crippen LogP contribution in [-0.4, -0.2) is 31.1 Å². The van der Waals surface area contributed by atoms with E-state index in [2.05, 4.69) is 5.16 Å². The number of hydrogen-bond acceptors (Lipinski definition) is 5. The highest BCUT2D eigenvalue weighted by atomic mass is 16.5. The number of hydrogen-bond donors (Lipinski definition) is 1. The molecule has 0 unspecified atom stereocenters. The Morgan fingerprint density at radius 2 is 2.06 bits per heavy atom. The molecule has 0 aliphatic carbocycles. The molecule has 2 rings (SSSR count). The van der Waals surface area contributed by atoms with E-state index in [-0.39, 0.29) is 6.61 Å². The van der Waals surface area contributed by atoms with E-state index in [1.807, 2.05) is 12.1 Å². The number of aliphatic hydroxyl groups excluding tert-OH is 1. The topological polar surface area (TPSA) is 64.7 Å². The maximum Gasteiger partial charge on any atom is 0.139 e. The summed E-state index contributed by atoms with van der Waals surface area (Å²) in [4.78, 5) is 0. The first kappa shape index (κ1) is 12.4. The number of benzene rings is 1. The van der Waals surface area contributed by atoms with Crippen LogP contribution >= 0.6 is 0 Å². The molecule has 0 spiro atoms. The Balaban J connectivity index is 2.36. The van der Waals surface area contributed by atoms with Crippen molar-refractivity contribution in [2.75, 3.05) is 20.8 Å². The van der Waals surface area contributed by atoms with E-state index in [0.717, 1.165) is 11.3 Å². The molecule has 0 saturated carbocycles. The van der Waals surface area contributed by atoms with Crippen LogP contribution in [0.2, 0.25) is 0 Å². The normalized spacial score (nSPS) is 10.4. The van der Waals surface area contributed by atoms with Crippen LogP contribution in [0.4, 0.5) is 0 Å². The third-order valence-electron chi connectivity index (χ3n) is 2.60. The average molecular weight is 249 g/mol. The second-order valence-corrected chi connectivity index (χ2v) is 3.72. The number of aliphatic hydroxyl groups is 1. The summed E-state index contributed by atoms with van der Waals surface area (Å²) < 4.78 is 15.6. The molecule has 18 heavy (non-hydrogen) atoms. The van der Waals surface area contributed by atoms with Gasteiger partial charge in [-0.2, -0.15) is 0 Å². The first-order valence-corrected chi connectivity index (χ1v) is 5.57. The van der Waals surface area contributed by atoms with Crippen molar-refractivity contribution >= 4 is 0 Å². The molecule has 1 aromatic carbocycles. The van der Waals surface area contributed by atoms with Crippen molar-refractivity contribution in [3.05, 3.63) is 30.0 Å². The van der Waals surface area contributed by atoms with Crippen LogP contribution in [0, 0.1) is 0 Å². The van der Waals surface area contributed by atoms with Crippen molar-refractivity contribution in [1.82, 2.24) is 5.16 Å². The lowest BCUT2D eigenvalue weighted by atomic mass is 10.1. The van der Waals surface area contributed by atoms with Crippen LogP contribution in [-0.2, 0) is 6.42 Å². The van der Waals surface area contributed by atoms with Gasteiger partial charge in [0.15, 0.2) is 0 Å². The molecule has 0 aliphatic rings. The van der Waals surface area contributed by atoms with Crippen LogP contribution in [0.15, 0.2) is 28.8 Å². The summed E-state index contributed by atoms with van der Waals surface area (Å²) in [5, 5.41) is 12.8. The van der Waals surface area contributed by atoms with Crippen LogP contribution in [0.5, 0.6) is 11.5 Å². The Bertz CT molecular complexity index is 521. The van der Waals surface area contributed by atoms with Gasteiger partial charge in [-0.25, -0.2) is 0 Å². The van der Waals surface area contributed by atoms with Gasteiger partial charge >= 0.3 is 0 Å². The van der Waals surface area contributed by atoms with Gasteiger partial charge in [-0.15, -0.1) is 0 Å². The van der Waals surface area contributed by atoms with Gasteiger partial charge in [0.2, 0.25) is 0 Å². The molecule has 0 saturated heterocycles. The quantitative estimate of drug-likeness (QED) is 0.876. The lowest BCUT2D eigenvalue weighted by Crippen LogP contribution is -1.90. The molecule has 0 aliphatic heterocycles. The van der Waals surface area contributed by atoms with Crippen LogP contribution in [0.1, 0.15) is 5.76 Å². The molecule has 1 aromatic heterocycles.